The Bertz CT molecular complexity index is 1880. The summed E-state index contributed by atoms with van der Waals surface area (Å²) < 4.78 is 6.78. The van der Waals surface area contributed by atoms with Crippen molar-refractivity contribution in [2.45, 2.75) is 69.9 Å². The number of anilines is 1. The molecule has 1 aliphatic heterocycles. The third kappa shape index (κ3) is 4.96. The van der Waals surface area contributed by atoms with Crippen LogP contribution in [0.3, 0.4) is 0 Å². The first-order valence-electron chi connectivity index (χ1n) is 16.8. The first-order valence-corrected chi connectivity index (χ1v) is 16.8. The van der Waals surface area contributed by atoms with E-state index < -0.39 is 17.5 Å². The number of carbonyl (C=O) groups is 3. The van der Waals surface area contributed by atoms with Crippen LogP contribution in [0, 0.1) is 30.1 Å². The summed E-state index contributed by atoms with van der Waals surface area (Å²) in [6, 6.07) is 11.2. The Kier molecular flexibility index (Phi) is 6.29. The van der Waals surface area contributed by atoms with Crippen LogP contribution < -0.4 is 16.0 Å². The van der Waals surface area contributed by atoms with Gasteiger partial charge in [0.1, 0.15) is 17.4 Å². The molecule has 4 aromatic rings. The number of aryl methyl sites for hydroxylation is 1. The van der Waals surface area contributed by atoms with Crippen LogP contribution in [0.1, 0.15) is 71.5 Å². The third-order valence-corrected chi connectivity index (χ3v) is 11.3. The van der Waals surface area contributed by atoms with Crippen molar-refractivity contribution in [2.24, 2.45) is 23.2 Å². The lowest BCUT2D eigenvalue weighted by Gasteiger charge is -2.45. The number of fused-ring (bicyclic) bond motifs is 2. The average molecular weight is 635 g/mol. The van der Waals surface area contributed by atoms with Gasteiger partial charge in [0.25, 0.3) is 5.91 Å². The molecule has 47 heavy (non-hydrogen) atoms. The van der Waals surface area contributed by atoms with Crippen molar-refractivity contribution in [2.75, 3.05) is 18.4 Å². The molecule has 1 saturated heterocycles. The molecule has 9 rings (SSSR count). The maximum absolute atomic E-state index is 14.1. The van der Waals surface area contributed by atoms with Gasteiger partial charge in [-0.2, -0.15) is 0 Å². The van der Waals surface area contributed by atoms with E-state index in [9.17, 15) is 14.4 Å². The van der Waals surface area contributed by atoms with Crippen molar-refractivity contribution < 1.29 is 19.0 Å². The fraction of sp³-hybridized carbons (Fsp3) is 0.486. The number of aromatic nitrogens is 4. The fourth-order valence-corrected chi connectivity index (χ4v) is 8.18. The SMILES string of the molecule is Cc1nonc1C(=O)N[C@H](C(=O)Nc1ccc2c(c1)CC(c1cn3ccccc3n1)(N1CC3(CC3)CNC1=O)C2)C(C1CC1)C1CC1. The smallest absolute Gasteiger partial charge is 0.318 e. The van der Waals surface area contributed by atoms with E-state index in [1.165, 1.54) is 0 Å². The lowest BCUT2D eigenvalue weighted by atomic mass is 9.87. The van der Waals surface area contributed by atoms with Crippen LogP contribution in [-0.4, -0.2) is 61.6 Å². The number of amides is 4. The highest BCUT2D eigenvalue weighted by Crippen LogP contribution is 2.53. The summed E-state index contributed by atoms with van der Waals surface area (Å²) in [6.45, 7) is 3.09. The van der Waals surface area contributed by atoms with Crippen LogP contribution in [0.2, 0.25) is 0 Å². The predicted molar refractivity (Wildman–Crippen MR) is 170 cm³/mol. The van der Waals surface area contributed by atoms with Gasteiger partial charge in [0.2, 0.25) is 5.91 Å². The highest BCUT2D eigenvalue weighted by molar-refractivity contribution is 6.01. The molecule has 0 bridgehead atoms. The normalized spacial score (nSPS) is 23.5. The zero-order valence-corrected chi connectivity index (χ0v) is 26.4. The molecule has 1 spiro atoms. The average Bonchev–Trinajstić information content (AvgIpc) is 4.03. The molecule has 4 heterocycles. The Hall–Kier alpha value is -4.74. The van der Waals surface area contributed by atoms with E-state index in [-0.39, 0.29) is 29.0 Å². The molecule has 12 heteroatoms. The Balaban J connectivity index is 1.02. The molecule has 3 N–H and O–H groups in total. The van der Waals surface area contributed by atoms with Crippen molar-refractivity contribution >= 4 is 29.2 Å². The van der Waals surface area contributed by atoms with Crippen LogP contribution in [-0.2, 0) is 23.2 Å². The van der Waals surface area contributed by atoms with Crippen LogP contribution in [0.5, 0.6) is 0 Å². The van der Waals surface area contributed by atoms with Gasteiger partial charge >= 0.3 is 6.03 Å². The van der Waals surface area contributed by atoms with Gasteiger partial charge in [0.15, 0.2) is 5.69 Å². The number of urea groups is 1. The number of nitrogens with one attached hydrogen (secondary N) is 3. The summed E-state index contributed by atoms with van der Waals surface area (Å²) in [4.78, 5) is 48.0. The van der Waals surface area contributed by atoms with Gasteiger partial charge in [-0.05, 0) is 104 Å². The number of rotatable bonds is 9. The minimum atomic E-state index is -0.698. The maximum Gasteiger partial charge on any atom is 0.318 e. The molecule has 0 radical (unpaired) electrons. The molecule has 4 amide bonds. The number of nitrogens with zero attached hydrogens (tertiary/aromatic N) is 5. The molecule has 242 valence electrons. The van der Waals surface area contributed by atoms with E-state index in [1.54, 1.807) is 6.92 Å². The van der Waals surface area contributed by atoms with Crippen LogP contribution in [0.15, 0.2) is 53.4 Å². The van der Waals surface area contributed by atoms with E-state index in [2.05, 4.69) is 38.5 Å². The second-order valence-corrected chi connectivity index (χ2v) is 14.6. The van der Waals surface area contributed by atoms with Gasteiger partial charge in [0, 0.05) is 49.4 Å². The highest BCUT2D eigenvalue weighted by atomic mass is 16.6. The van der Waals surface area contributed by atoms with Crippen molar-refractivity contribution in [3.63, 3.8) is 0 Å². The molecule has 2 atom stereocenters. The summed E-state index contributed by atoms with van der Waals surface area (Å²) >= 11 is 0. The Morgan fingerprint density at radius 2 is 1.83 bits per heavy atom. The lowest BCUT2D eigenvalue weighted by molar-refractivity contribution is -0.119. The summed E-state index contributed by atoms with van der Waals surface area (Å²) in [5.41, 5.74) is 4.57. The third-order valence-electron chi connectivity index (χ3n) is 11.3. The molecular formula is C35H38N8O4. The molecule has 12 nitrogen and oxygen atoms in total. The van der Waals surface area contributed by atoms with E-state index in [4.69, 9.17) is 9.61 Å². The zero-order valence-electron chi connectivity index (χ0n) is 26.4. The van der Waals surface area contributed by atoms with Gasteiger partial charge < -0.3 is 25.3 Å². The first kappa shape index (κ1) is 28.5. The Morgan fingerprint density at radius 3 is 2.53 bits per heavy atom. The summed E-state index contributed by atoms with van der Waals surface area (Å²) in [6.07, 6.45) is 11.8. The first-order chi connectivity index (χ1) is 22.8. The van der Waals surface area contributed by atoms with Gasteiger partial charge in [-0.3, -0.25) is 9.59 Å². The molecule has 3 aromatic heterocycles. The van der Waals surface area contributed by atoms with Crippen LogP contribution >= 0.6 is 0 Å². The van der Waals surface area contributed by atoms with Gasteiger partial charge in [-0.25, -0.2) is 14.4 Å². The molecule has 4 aliphatic carbocycles. The number of hydrogen-bond acceptors (Lipinski definition) is 7. The van der Waals surface area contributed by atoms with E-state index in [0.717, 1.165) is 67.5 Å². The van der Waals surface area contributed by atoms with Crippen molar-refractivity contribution in [1.29, 1.82) is 0 Å². The summed E-state index contributed by atoms with van der Waals surface area (Å²) in [5, 5.41) is 16.9. The van der Waals surface area contributed by atoms with Crippen LogP contribution in [0.25, 0.3) is 5.65 Å². The summed E-state index contributed by atoms with van der Waals surface area (Å²) in [7, 11) is 0. The predicted octanol–water partition coefficient (Wildman–Crippen LogP) is 4.00. The van der Waals surface area contributed by atoms with E-state index in [0.29, 0.717) is 42.6 Å². The lowest BCUT2D eigenvalue weighted by Crippen LogP contribution is -2.61. The molecule has 3 saturated carbocycles. The second kappa shape index (κ2) is 10.4. The Morgan fingerprint density at radius 1 is 1.04 bits per heavy atom. The van der Waals surface area contributed by atoms with E-state index >= 15 is 0 Å². The number of imidazole rings is 1. The van der Waals surface area contributed by atoms with E-state index in [1.807, 2.05) is 45.8 Å². The summed E-state index contributed by atoms with van der Waals surface area (Å²) in [5.74, 6) is 0.239. The fourth-order valence-electron chi connectivity index (χ4n) is 8.18. The van der Waals surface area contributed by atoms with Crippen molar-refractivity contribution in [3.8, 4) is 0 Å². The molecule has 1 aromatic carbocycles. The quantitative estimate of drug-likeness (QED) is 0.252. The van der Waals surface area contributed by atoms with Crippen molar-refractivity contribution in [1.82, 2.24) is 35.2 Å². The molecular weight excluding hydrogens is 596 g/mol. The number of pyridine rings is 1. The topological polar surface area (TPSA) is 147 Å². The largest absolute Gasteiger partial charge is 0.338 e. The maximum atomic E-state index is 14.1. The molecule has 1 unspecified atom stereocenters. The minimum absolute atomic E-state index is 0.0526. The Labute approximate surface area is 271 Å². The van der Waals surface area contributed by atoms with Gasteiger partial charge in [-0.15, -0.1) is 0 Å². The van der Waals surface area contributed by atoms with Gasteiger partial charge in [0.05, 0.1) is 11.2 Å². The molecule has 5 aliphatic rings. The highest BCUT2D eigenvalue weighted by Gasteiger charge is 2.56. The standard InChI is InChI=1S/C35H38N8O4/c1-20-29(41-47-40-20)31(44)39-30(28(21-5-6-21)22-7-8-22)32(45)37-25-10-9-23-15-35(16-24(23)14-25,26-17-42-13-3-2-4-27(42)38-26)43-19-34(11-12-34)18-36-33(43)46/h2-4,9-10,13-14,17,21-22,28,30H,5-8,11-12,15-16,18-19H2,1H3,(H,36,46)(H,37,45)(H,39,44)/t30-,35?/m0/s1. The second-order valence-electron chi connectivity index (χ2n) is 14.6. The number of benzene rings is 1. The monoisotopic (exact) mass is 634 g/mol. The minimum Gasteiger partial charge on any atom is -0.338 e. The molecule has 4 fully saturated rings. The van der Waals surface area contributed by atoms with Gasteiger partial charge in [-0.1, -0.05) is 17.3 Å². The van der Waals surface area contributed by atoms with Crippen molar-refractivity contribution in [3.05, 3.63) is 77.0 Å². The number of carbonyl (C=O) groups excluding carboxylic acids is 3. The zero-order chi connectivity index (χ0) is 31.9. The number of hydrogen-bond donors (Lipinski definition) is 3. The van der Waals surface area contributed by atoms with Crippen LogP contribution in [0.4, 0.5) is 10.5 Å².